The van der Waals surface area contributed by atoms with Gasteiger partial charge in [-0.25, -0.2) is 4.98 Å². The first-order valence-corrected chi connectivity index (χ1v) is 9.86. The summed E-state index contributed by atoms with van der Waals surface area (Å²) < 4.78 is 2.16. The number of aromatic nitrogens is 2. The number of carbonyl (C=O) groups excluding carboxylic acids is 1. The maximum Gasteiger partial charge on any atom is 0.246 e. The molecule has 4 heteroatoms. The Labute approximate surface area is 176 Å². The van der Waals surface area contributed by atoms with Crippen molar-refractivity contribution in [3.05, 3.63) is 109 Å². The van der Waals surface area contributed by atoms with Crippen LogP contribution in [0.2, 0.25) is 0 Å². The first-order chi connectivity index (χ1) is 14.6. The lowest BCUT2D eigenvalue weighted by molar-refractivity contribution is -0.117. The van der Waals surface area contributed by atoms with E-state index in [1.54, 1.807) is 6.92 Å². The lowest BCUT2D eigenvalue weighted by atomic mass is 10.1. The third-order valence-corrected chi connectivity index (χ3v) is 4.85. The van der Waals surface area contributed by atoms with Gasteiger partial charge in [0.25, 0.3) is 0 Å². The molecule has 0 spiro atoms. The fourth-order valence-corrected chi connectivity index (χ4v) is 3.40. The first kappa shape index (κ1) is 19.4. The van der Waals surface area contributed by atoms with E-state index < -0.39 is 0 Å². The van der Waals surface area contributed by atoms with E-state index in [1.807, 2.05) is 66.7 Å². The number of benzene rings is 3. The molecule has 0 aliphatic rings. The fraction of sp³-hybridized carbons (Fsp3) is 0.0769. The van der Waals surface area contributed by atoms with Gasteiger partial charge in [-0.2, -0.15) is 0 Å². The number of amides is 1. The Morgan fingerprint density at radius 2 is 1.40 bits per heavy atom. The van der Waals surface area contributed by atoms with Crippen LogP contribution in [0.1, 0.15) is 12.6 Å². The van der Waals surface area contributed by atoms with Gasteiger partial charge in [-0.1, -0.05) is 85.4 Å². The van der Waals surface area contributed by atoms with Crippen molar-refractivity contribution in [1.29, 1.82) is 0 Å². The van der Waals surface area contributed by atoms with Gasteiger partial charge in [-0.15, -0.1) is 0 Å². The highest BCUT2D eigenvalue weighted by Gasteiger charge is 2.21. The average molecular weight is 393 g/mol. The predicted octanol–water partition coefficient (Wildman–Crippen LogP) is 5.40. The van der Waals surface area contributed by atoms with Crippen LogP contribution in [0, 0.1) is 0 Å². The third-order valence-electron chi connectivity index (χ3n) is 4.85. The molecule has 1 N–H and O–H groups in total. The van der Waals surface area contributed by atoms with Crippen LogP contribution in [0.4, 0.5) is 0 Å². The second kappa shape index (κ2) is 8.62. The van der Waals surface area contributed by atoms with E-state index in [1.165, 1.54) is 0 Å². The Morgan fingerprint density at radius 3 is 1.97 bits per heavy atom. The van der Waals surface area contributed by atoms with Gasteiger partial charge < -0.3 is 5.32 Å². The van der Waals surface area contributed by atoms with Gasteiger partial charge in [0.1, 0.15) is 5.82 Å². The van der Waals surface area contributed by atoms with Crippen LogP contribution in [0.3, 0.4) is 0 Å². The van der Waals surface area contributed by atoms with Crippen molar-refractivity contribution in [2.24, 2.45) is 0 Å². The quantitative estimate of drug-likeness (QED) is 0.446. The van der Waals surface area contributed by atoms with Gasteiger partial charge in [0, 0.05) is 22.4 Å². The monoisotopic (exact) mass is 393 g/mol. The zero-order valence-electron chi connectivity index (χ0n) is 16.9. The maximum absolute atomic E-state index is 12.2. The van der Waals surface area contributed by atoms with E-state index in [-0.39, 0.29) is 5.91 Å². The van der Waals surface area contributed by atoms with Crippen LogP contribution in [-0.2, 0) is 11.3 Å². The van der Waals surface area contributed by atoms with Crippen LogP contribution in [-0.4, -0.2) is 15.5 Å². The minimum Gasteiger partial charge on any atom is -0.347 e. The van der Waals surface area contributed by atoms with E-state index >= 15 is 0 Å². The second-order valence-electron chi connectivity index (χ2n) is 7.10. The van der Waals surface area contributed by atoms with Gasteiger partial charge in [-0.05, 0) is 19.1 Å². The van der Waals surface area contributed by atoms with E-state index in [4.69, 9.17) is 4.98 Å². The number of rotatable bonds is 6. The predicted molar refractivity (Wildman–Crippen MR) is 121 cm³/mol. The average Bonchev–Trinajstić information content (AvgIpc) is 3.18. The molecule has 4 nitrogen and oxygen atoms in total. The Morgan fingerprint density at radius 1 is 0.867 bits per heavy atom. The van der Waals surface area contributed by atoms with Gasteiger partial charge >= 0.3 is 0 Å². The molecule has 1 amide bonds. The molecule has 0 aliphatic carbocycles. The molecule has 0 aliphatic heterocycles. The lowest BCUT2D eigenvalue weighted by Gasteiger charge is -2.13. The number of carbonyl (C=O) groups is 1. The van der Waals surface area contributed by atoms with Gasteiger partial charge in [0.2, 0.25) is 5.91 Å². The Hall–Kier alpha value is -3.92. The summed E-state index contributed by atoms with van der Waals surface area (Å²) in [5.41, 5.74) is 5.30. The van der Waals surface area contributed by atoms with Gasteiger partial charge in [0.15, 0.2) is 0 Å². The van der Waals surface area contributed by atoms with Crippen LogP contribution < -0.4 is 5.32 Å². The molecule has 1 aromatic heterocycles. The van der Waals surface area contributed by atoms with E-state index in [0.717, 1.165) is 34.0 Å². The number of nitrogens with one attached hydrogen (secondary N) is 1. The summed E-state index contributed by atoms with van der Waals surface area (Å²) in [6.07, 6.45) is 0. The number of hydrogen-bond donors (Lipinski definition) is 1. The molecular formula is C26H23N3O. The number of hydrogen-bond acceptors (Lipinski definition) is 2. The molecule has 1 heterocycles. The van der Waals surface area contributed by atoms with Crippen molar-refractivity contribution in [3.63, 3.8) is 0 Å². The molecule has 0 fully saturated rings. The highest BCUT2D eigenvalue weighted by Crippen LogP contribution is 2.33. The molecule has 148 valence electrons. The molecule has 4 aromatic rings. The summed E-state index contributed by atoms with van der Waals surface area (Å²) in [7, 11) is 0. The molecular weight excluding hydrogens is 370 g/mol. The Balaban J connectivity index is 1.95. The summed E-state index contributed by atoms with van der Waals surface area (Å²) in [6.45, 7) is 5.74. The van der Waals surface area contributed by atoms with Crippen molar-refractivity contribution in [3.8, 4) is 28.3 Å². The molecule has 30 heavy (non-hydrogen) atoms. The summed E-state index contributed by atoms with van der Waals surface area (Å²) >= 11 is 0. The fourth-order valence-electron chi connectivity index (χ4n) is 3.40. The molecule has 0 atom stereocenters. The Kier molecular flexibility index (Phi) is 5.57. The summed E-state index contributed by atoms with van der Waals surface area (Å²) in [5.74, 6) is 0.657. The van der Waals surface area contributed by atoms with Crippen molar-refractivity contribution >= 4 is 5.91 Å². The Bertz CT molecular complexity index is 1160. The van der Waals surface area contributed by atoms with Crippen LogP contribution in [0.25, 0.3) is 28.3 Å². The molecule has 4 rings (SSSR count). The molecule has 3 aromatic carbocycles. The molecule has 0 saturated heterocycles. The number of nitrogens with zero attached hydrogens (tertiary/aromatic N) is 2. The highest BCUT2D eigenvalue weighted by molar-refractivity contribution is 5.92. The maximum atomic E-state index is 12.2. The van der Waals surface area contributed by atoms with Crippen LogP contribution in [0.15, 0.2) is 103 Å². The lowest BCUT2D eigenvalue weighted by Crippen LogP contribution is -2.23. The number of imidazole rings is 1. The molecule has 0 radical (unpaired) electrons. The minimum atomic E-state index is -0.176. The zero-order chi connectivity index (χ0) is 20.9. The van der Waals surface area contributed by atoms with Gasteiger partial charge in [0.05, 0.1) is 17.9 Å². The van der Waals surface area contributed by atoms with E-state index in [9.17, 15) is 4.79 Å². The van der Waals surface area contributed by atoms with Crippen LogP contribution >= 0.6 is 0 Å². The minimum absolute atomic E-state index is 0.176. The molecule has 0 bridgehead atoms. The molecule has 0 saturated carbocycles. The smallest absolute Gasteiger partial charge is 0.246 e. The molecule has 0 unspecified atom stereocenters. The van der Waals surface area contributed by atoms with Crippen molar-refractivity contribution < 1.29 is 4.79 Å². The van der Waals surface area contributed by atoms with Crippen molar-refractivity contribution in [1.82, 2.24) is 14.9 Å². The highest BCUT2D eigenvalue weighted by atomic mass is 16.1. The standard InChI is InChI=1S/C26H23N3O/c1-19(2)26(30)27-18-23-24(20-12-6-3-7-13-20)29(22-16-10-5-11-17-22)25(28-23)21-14-8-4-9-15-21/h3-17H,1,18H2,2H3,(H,27,30). The first-order valence-electron chi connectivity index (χ1n) is 9.86. The van der Waals surface area contributed by atoms with Crippen molar-refractivity contribution in [2.75, 3.05) is 0 Å². The second-order valence-corrected chi connectivity index (χ2v) is 7.10. The third kappa shape index (κ3) is 3.94. The van der Waals surface area contributed by atoms with Crippen LogP contribution in [0.5, 0.6) is 0 Å². The largest absolute Gasteiger partial charge is 0.347 e. The summed E-state index contributed by atoms with van der Waals surface area (Å²) in [6, 6.07) is 30.4. The topological polar surface area (TPSA) is 46.9 Å². The summed E-state index contributed by atoms with van der Waals surface area (Å²) in [4.78, 5) is 17.1. The van der Waals surface area contributed by atoms with Gasteiger partial charge in [-0.3, -0.25) is 9.36 Å². The van der Waals surface area contributed by atoms with E-state index in [0.29, 0.717) is 12.1 Å². The normalized spacial score (nSPS) is 10.6. The number of para-hydroxylation sites is 1. The summed E-state index contributed by atoms with van der Waals surface area (Å²) in [5, 5.41) is 2.94. The SMILES string of the molecule is C=C(C)C(=O)NCc1nc(-c2ccccc2)n(-c2ccccc2)c1-c1ccccc1. The van der Waals surface area contributed by atoms with E-state index in [2.05, 4.69) is 40.7 Å². The zero-order valence-corrected chi connectivity index (χ0v) is 16.9. The van der Waals surface area contributed by atoms with Crippen molar-refractivity contribution in [2.45, 2.75) is 13.5 Å².